The van der Waals surface area contributed by atoms with Gasteiger partial charge < -0.3 is 15.2 Å². The zero-order valence-corrected chi connectivity index (χ0v) is 11.2. The molecule has 3 rings (SSSR count). The molecule has 2 N–H and O–H groups in total. The van der Waals surface area contributed by atoms with E-state index >= 15 is 0 Å². The third kappa shape index (κ3) is 2.35. The Hall–Kier alpha value is -1.13. The van der Waals surface area contributed by atoms with E-state index in [0.29, 0.717) is 5.75 Å². The van der Waals surface area contributed by atoms with E-state index in [1.165, 1.54) is 12.1 Å². The second kappa shape index (κ2) is 4.76. The fourth-order valence-electron chi connectivity index (χ4n) is 3.44. The zero-order valence-electron chi connectivity index (χ0n) is 11.2. The number of methoxy groups -OCH3 is 1. The molecule has 0 aromatic heterocycles. The molecule has 1 heterocycles. The normalized spacial score (nSPS) is 33.8. The molecule has 0 amide bonds. The van der Waals surface area contributed by atoms with Crippen molar-refractivity contribution in [2.75, 3.05) is 7.11 Å². The largest absolute Gasteiger partial charge is 0.487 e. The zero-order chi connectivity index (χ0) is 13.5. The summed E-state index contributed by atoms with van der Waals surface area (Å²) >= 11 is 0. The Bertz CT molecular complexity index is 479. The number of halogens is 1. The van der Waals surface area contributed by atoms with Gasteiger partial charge in [-0.1, -0.05) is 6.07 Å². The van der Waals surface area contributed by atoms with Crippen molar-refractivity contribution in [3.8, 4) is 5.75 Å². The maximum absolute atomic E-state index is 13.4. The Balaban J connectivity index is 1.90. The lowest BCUT2D eigenvalue weighted by Gasteiger charge is -2.45. The molecule has 2 unspecified atom stereocenters. The highest BCUT2D eigenvalue weighted by Gasteiger charge is 2.43. The maximum Gasteiger partial charge on any atom is 0.127 e. The molecule has 1 aliphatic carbocycles. The number of ether oxygens (including phenoxy) is 2. The van der Waals surface area contributed by atoms with Crippen LogP contribution >= 0.6 is 0 Å². The Morgan fingerprint density at radius 3 is 3.05 bits per heavy atom. The van der Waals surface area contributed by atoms with Crippen molar-refractivity contribution in [3.63, 3.8) is 0 Å². The first-order chi connectivity index (χ1) is 9.12. The molecule has 1 saturated carbocycles. The Morgan fingerprint density at radius 2 is 2.26 bits per heavy atom. The fourth-order valence-corrected chi connectivity index (χ4v) is 3.44. The van der Waals surface area contributed by atoms with Crippen molar-refractivity contribution in [3.05, 3.63) is 29.6 Å². The second-order valence-corrected chi connectivity index (χ2v) is 5.73. The summed E-state index contributed by atoms with van der Waals surface area (Å²) in [6.07, 6.45) is 4.94. The van der Waals surface area contributed by atoms with E-state index in [4.69, 9.17) is 15.2 Å². The molecule has 1 spiro atoms. The number of fused-ring (bicyclic) bond motifs is 1. The predicted octanol–water partition coefficient (Wildman–Crippen LogP) is 2.94. The molecule has 19 heavy (non-hydrogen) atoms. The van der Waals surface area contributed by atoms with Crippen LogP contribution in [0, 0.1) is 5.82 Å². The first kappa shape index (κ1) is 12.9. The third-order valence-corrected chi connectivity index (χ3v) is 4.38. The molecule has 0 radical (unpaired) electrons. The fraction of sp³-hybridized carbons (Fsp3) is 0.600. The van der Waals surface area contributed by atoms with Crippen molar-refractivity contribution in [2.45, 2.75) is 49.9 Å². The number of nitrogens with two attached hydrogens (primary N) is 1. The quantitative estimate of drug-likeness (QED) is 0.849. The van der Waals surface area contributed by atoms with Crippen LogP contribution in [-0.4, -0.2) is 18.8 Å². The summed E-state index contributed by atoms with van der Waals surface area (Å²) in [7, 11) is 1.74. The number of hydrogen-bond acceptors (Lipinski definition) is 3. The summed E-state index contributed by atoms with van der Waals surface area (Å²) in [5.41, 5.74) is 6.88. The molecule has 3 nitrogen and oxygen atoms in total. The van der Waals surface area contributed by atoms with Gasteiger partial charge in [-0.05, 0) is 25.3 Å². The van der Waals surface area contributed by atoms with Crippen molar-refractivity contribution >= 4 is 0 Å². The monoisotopic (exact) mass is 265 g/mol. The SMILES string of the molecule is COC1CCCC2(C1)C[C@H](N)c1ccc(F)cc1O2. The first-order valence-electron chi connectivity index (χ1n) is 6.89. The van der Waals surface area contributed by atoms with Crippen LogP contribution in [0.1, 0.15) is 43.7 Å². The standard InChI is InChI=1S/C15H20FNO2/c1-18-11-3-2-6-15(8-11)9-13(17)12-5-4-10(16)7-14(12)19-15/h4-5,7,11,13H,2-3,6,8-9,17H2,1H3/t11?,13-,15?/m0/s1. The lowest BCUT2D eigenvalue weighted by molar-refractivity contribution is -0.0579. The first-order valence-corrected chi connectivity index (χ1v) is 6.89. The lowest BCUT2D eigenvalue weighted by Crippen LogP contribution is -2.48. The van der Waals surface area contributed by atoms with Crippen molar-refractivity contribution in [1.29, 1.82) is 0 Å². The average molecular weight is 265 g/mol. The van der Waals surface area contributed by atoms with Gasteiger partial charge >= 0.3 is 0 Å². The number of hydrogen-bond donors (Lipinski definition) is 1. The van der Waals surface area contributed by atoms with Gasteiger partial charge in [0.15, 0.2) is 0 Å². The Kier molecular flexibility index (Phi) is 3.23. The van der Waals surface area contributed by atoms with Crippen molar-refractivity contribution in [2.24, 2.45) is 5.73 Å². The van der Waals surface area contributed by atoms with Gasteiger partial charge in [0.25, 0.3) is 0 Å². The lowest BCUT2D eigenvalue weighted by atomic mass is 9.76. The van der Waals surface area contributed by atoms with Gasteiger partial charge in [0.1, 0.15) is 17.2 Å². The maximum atomic E-state index is 13.4. The van der Waals surface area contributed by atoms with E-state index in [1.54, 1.807) is 13.2 Å². The van der Waals surface area contributed by atoms with Gasteiger partial charge in [-0.25, -0.2) is 4.39 Å². The number of rotatable bonds is 1. The highest BCUT2D eigenvalue weighted by molar-refractivity contribution is 5.39. The summed E-state index contributed by atoms with van der Waals surface area (Å²) in [6.45, 7) is 0. The average Bonchev–Trinajstić information content (AvgIpc) is 2.38. The van der Waals surface area contributed by atoms with E-state index in [0.717, 1.165) is 37.7 Å². The van der Waals surface area contributed by atoms with Crippen LogP contribution in [-0.2, 0) is 4.74 Å². The van der Waals surface area contributed by atoms with E-state index in [9.17, 15) is 4.39 Å². The van der Waals surface area contributed by atoms with Gasteiger partial charge in [0.05, 0.1) is 6.10 Å². The van der Waals surface area contributed by atoms with Crippen LogP contribution < -0.4 is 10.5 Å². The molecule has 104 valence electrons. The smallest absolute Gasteiger partial charge is 0.127 e. The molecule has 0 bridgehead atoms. The molecule has 1 aromatic rings. The summed E-state index contributed by atoms with van der Waals surface area (Å²) in [5.74, 6) is 0.331. The molecular weight excluding hydrogens is 245 g/mol. The molecule has 1 fully saturated rings. The van der Waals surface area contributed by atoms with Crippen LogP contribution in [0.3, 0.4) is 0 Å². The minimum atomic E-state index is -0.279. The van der Waals surface area contributed by atoms with E-state index in [1.807, 2.05) is 0 Å². The molecule has 1 aromatic carbocycles. The highest BCUT2D eigenvalue weighted by atomic mass is 19.1. The molecule has 0 saturated heterocycles. The summed E-state index contributed by atoms with van der Waals surface area (Å²) in [5, 5.41) is 0. The number of benzene rings is 1. The molecular formula is C15H20FNO2. The Morgan fingerprint density at radius 1 is 1.42 bits per heavy atom. The van der Waals surface area contributed by atoms with Crippen LogP contribution in [0.4, 0.5) is 4.39 Å². The summed E-state index contributed by atoms with van der Waals surface area (Å²) in [4.78, 5) is 0. The summed E-state index contributed by atoms with van der Waals surface area (Å²) in [6, 6.07) is 4.55. The molecule has 2 aliphatic rings. The van der Waals surface area contributed by atoms with Gasteiger partial charge in [0.2, 0.25) is 0 Å². The van der Waals surface area contributed by atoms with E-state index in [-0.39, 0.29) is 23.6 Å². The minimum Gasteiger partial charge on any atom is -0.487 e. The van der Waals surface area contributed by atoms with Crippen molar-refractivity contribution < 1.29 is 13.9 Å². The van der Waals surface area contributed by atoms with Crippen LogP contribution in [0.5, 0.6) is 5.75 Å². The van der Waals surface area contributed by atoms with Gasteiger partial charge in [0, 0.05) is 37.6 Å². The molecule has 1 aliphatic heterocycles. The topological polar surface area (TPSA) is 44.5 Å². The highest BCUT2D eigenvalue weighted by Crippen LogP contribution is 2.45. The van der Waals surface area contributed by atoms with Gasteiger partial charge in [-0.15, -0.1) is 0 Å². The van der Waals surface area contributed by atoms with Crippen LogP contribution in [0.15, 0.2) is 18.2 Å². The molecule has 4 heteroatoms. The van der Waals surface area contributed by atoms with Crippen LogP contribution in [0.25, 0.3) is 0 Å². The minimum absolute atomic E-state index is 0.0834. The van der Waals surface area contributed by atoms with Gasteiger partial charge in [-0.2, -0.15) is 0 Å². The Labute approximate surface area is 112 Å². The third-order valence-electron chi connectivity index (χ3n) is 4.38. The second-order valence-electron chi connectivity index (χ2n) is 5.73. The predicted molar refractivity (Wildman–Crippen MR) is 70.6 cm³/mol. The van der Waals surface area contributed by atoms with E-state index < -0.39 is 0 Å². The van der Waals surface area contributed by atoms with E-state index in [2.05, 4.69) is 0 Å². The van der Waals surface area contributed by atoms with Crippen LogP contribution in [0.2, 0.25) is 0 Å². The van der Waals surface area contributed by atoms with Crippen molar-refractivity contribution in [1.82, 2.24) is 0 Å². The molecule has 3 atom stereocenters. The van der Waals surface area contributed by atoms with Gasteiger partial charge in [-0.3, -0.25) is 0 Å². The summed E-state index contributed by atoms with van der Waals surface area (Å²) < 4.78 is 25.0.